The Bertz CT molecular complexity index is 176. The van der Waals surface area contributed by atoms with E-state index in [1.165, 1.54) is 32.1 Å². The SMILES string of the molecule is CCCCCCCCC(=O)OCCCC(C)C. The highest BCUT2D eigenvalue weighted by Crippen LogP contribution is 2.08. The van der Waals surface area contributed by atoms with Crippen LogP contribution in [0.3, 0.4) is 0 Å². The van der Waals surface area contributed by atoms with E-state index in [2.05, 4.69) is 20.8 Å². The molecule has 0 saturated heterocycles. The summed E-state index contributed by atoms with van der Waals surface area (Å²) in [7, 11) is 0. The van der Waals surface area contributed by atoms with Gasteiger partial charge in [-0.25, -0.2) is 0 Å². The third kappa shape index (κ3) is 13.4. The van der Waals surface area contributed by atoms with Crippen molar-refractivity contribution < 1.29 is 9.53 Å². The van der Waals surface area contributed by atoms with Gasteiger partial charge in [-0.15, -0.1) is 0 Å². The molecular formula is C15H30O2. The zero-order chi connectivity index (χ0) is 12.9. The van der Waals surface area contributed by atoms with Crippen molar-refractivity contribution in [3.63, 3.8) is 0 Å². The molecule has 0 N–H and O–H groups in total. The molecule has 17 heavy (non-hydrogen) atoms. The predicted molar refractivity (Wildman–Crippen MR) is 73.0 cm³/mol. The molecule has 0 aromatic carbocycles. The fourth-order valence-electron chi connectivity index (χ4n) is 1.80. The Balaban J connectivity index is 3.18. The molecule has 0 radical (unpaired) electrons. The summed E-state index contributed by atoms with van der Waals surface area (Å²) in [6.45, 7) is 7.21. The Labute approximate surface area is 107 Å². The summed E-state index contributed by atoms with van der Waals surface area (Å²) in [6, 6.07) is 0. The Hall–Kier alpha value is -0.530. The maximum Gasteiger partial charge on any atom is 0.305 e. The molecule has 0 unspecified atom stereocenters. The fraction of sp³-hybridized carbons (Fsp3) is 0.933. The van der Waals surface area contributed by atoms with Crippen LogP contribution in [0.15, 0.2) is 0 Å². The van der Waals surface area contributed by atoms with E-state index in [1.54, 1.807) is 0 Å². The minimum atomic E-state index is -0.00996. The molecule has 0 aromatic rings. The van der Waals surface area contributed by atoms with E-state index in [0.717, 1.165) is 19.3 Å². The molecule has 0 aliphatic carbocycles. The average Bonchev–Trinajstić information content (AvgIpc) is 2.29. The molecule has 2 heteroatoms. The van der Waals surface area contributed by atoms with Crippen molar-refractivity contribution in [2.24, 2.45) is 5.92 Å². The third-order valence-electron chi connectivity index (χ3n) is 2.92. The van der Waals surface area contributed by atoms with E-state index in [4.69, 9.17) is 4.74 Å². The average molecular weight is 242 g/mol. The number of hydrogen-bond donors (Lipinski definition) is 0. The maximum atomic E-state index is 11.4. The van der Waals surface area contributed by atoms with Crippen LogP contribution in [0.2, 0.25) is 0 Å². The third-order valence-corrected chi connectivity index (χ3v) is 2.92. The molecule has 0 amide bonds. The lowest BCUT2D eigenvalue weighted by molar-refractivity contribution is -0.143. The number of esters is 1. The first-order valence-electron chi connectivity index (χ1n) is 7.32. The summed E-state index contributed by atoms with van der Waals surface area (Å²) in [5, 5.41) is 0. The number of unbranched alkanes of at least 4 members (excludes halogenated alkanes) is 5. The smallest absolute Gasteiger partial charge is 0.305 e. The van der Waals surface area contributed by atoms with Crippen LogP contribution in [0.1, 0.15) is 78.6 Å². The van der Waals surface area contributed by atoms with Crippen LogP contribution < -0.4 is 0 Å². The van der Waals surface area contributed by atoms with Crippen LogP contribution >= 0.6 is 0 Å². The van der Waals surface area contributed by atoms with Crippen LogP contribution in [0.4, 0.5) is 0 Å². The van der Waals surface area contributed by atoms with Crippen molar-refractivity contribution in [2.75, 3.05) is 6.61 Å². The monoisotopic (exact) mass is 242 g/mol. The van der Waals surface area contributed by atoms with Crippen LogP contribution in [0.25, 0.3) is 0 Å². The first-order chi connectivity index (χ1) is 8.16. The number of carbonyl (C=O) groups is 1. The lowest BCUT2D eigenvalue weighted by Gasteiger charge is -2.06. The van der Waals surface area contributed by atoms with E-state index in [0.29, 0.717) is 18.9 Å². The van der Waals surface area contributed by atoms with Gasteiger partial charge in [0.25, 0.3) is 0 Å². The van der Waals surface area contributed by atoms with Crippen molar-refractivity contribution in [3.8, 4) is 0 Å². The van der Waals surface area contributed by atoms with Gasteiger partial charge in [-0.1, -0.05) is 52.9 Å². The second-order valence-corrected chi connectivity index (χ2v) is 5.27. The van der Waals surface area contributed by atoms with Crippen LogP contribution in [-0.4, -0.2) is 12.6 Å². The summed E-state index contributed by atoms with van der Waals surface area (Å²) in [4.78, 5) is 11.4. The number of hydrogen-bond acceptors (Lipinski definition) is 2. The van der Waals surface area contributed by atoms with E-state index in [-0.39, 0.29) is 5.97 Å². The summed E-state index contributed by atoms with van der Waals surface area (Å²) >= 11 is 0. The second kappa shape index (κ2) is 11.9. The van der Waals surface area contributed by atoms with Gasteiger partial charge in [0.1, 0.15) is 0 Å². The molecule has 0 aromatic heterocycles. The van der Waals surface area contributed by atoms with Crippen molar-refractivity contribution in [3.05, 3.63) is 0 Å². The molecule has 0 bridgehead atoms. The highest BCUT2D eigenvalue weighted by molar-refractivity contribution is 5.69. The van der Waals surface area contributed by atoms with E-state index < -0.39 is 0 Å². The largest absolute Gasteiger partial charge is 0.466 e. The molecular weight excluding hydrogens is 212 g/mol. The Morgan fingerprint density at radius 2 is 1.65 bits per heavy atom. The highest BCUT2D eigenvalue weighted by Gasteiger charge is 2.02. The number of carbonyl (C=O) groups excluding carboxylic acids is 1. The fourth-order valence-corrected chi connectivity index (χ4v) is 1.80. The Kier molecular flexibility index (Phi) is 11.6. The summed E-state index contributed by atoms with van der Waals surface area (Å²) in [6.07, 6.45) is 10.1. The summed E-state index contributed by atoms with van der Waals surface area (Å²) < 4.78 is 5.18. The van der Waals surface area contributed by atoms with Crippen LogP contribution in [0, 0.1) is 5.92 Å². The van der Waals surface area contributed by atoms with Crippen molar-refractivity contribution in [1.29, 1.82) is 0 Å². The van der Waals surface area contributed by atoms with Gasteiger partial charge in [0.2, 0.25) is 0 Å². The van der Waals surface area contributed by atoms with Gasteiger partial charge in [0.15, 0.2) is 0 Å². The molecule has 102 valence electrons. The maximum absolute atomic E-state index is 11.4. The minimum Gasteiger partial charge on any atom is -0.466 e. The van der Waals surface area contributed by atoms with Gasteiger partial charge in [-0.2, -0.15) is 0 Å². The summed E-state index contributed by atoms with van der Waals surface area (Å²) in [5.41, 5.74) is 0. The normalized spacial score (nSPS) is 10.8. The van der Waals surface area contributed by atoms with Crippen LogP contribution in [-0.2, 0) is 9.53 Å². The van der Waals surface area contributed by atoms with E-state index >= 15 is 0 Å². The summed E-state index contributed by atoms with van der Waals surface area (Å²) in [5.74, 6) is 0.691. The number of ether oxygens (including phenoxy) is 1. The molecule has 0 atom stereocenters. The van der Waals surface area contributed by atoms with Gasteiger partial charge >= 0.3 is 5.97 Å². The van der Waals surface area contributed by atoms with Gasteiger partial charge in [0, 0.05) is 6.42 Å². The molecule has 0 aliphatic heterocycles. The zero-order valence-electron chi connectivity index (χ0n) is 12.0. The van der Waals surface area contributed by atoms with Crippen molar-refractivity contribution in [1.82, 2.24) is 0 Å². The van der Waals surface area contributed by atoms with Gasteiger partial charge in [0.05, 0.1) is 6.61 Å². The highest BCUT2D eigenvalue weighted by atomic mass is 16.5. The van der Waals surface area contributed by atoms with Gasteiger partial charge < -0.3 is 4.74 Å². The van der Waals surface area contributed by atoms with Crippen LogP contribution in [0.5, 0.6) is 0 Å². The molecule has 0 rings (SSSR count). The lowest BCUT2D eigenvalue weighted by atomic mass is 10.1. The Morgan fingerprint density at radius 3 is 2.29 bits per heavy atom. The minimum absolute atomic E-state index is 0.00996. The quantitative estimate of drug-likeness (QED) is 0.387. The molecule has 0 fully saturated rings. The van der Waals surface area contributed by atoms with Gasteiger partial charge in [-0.3, -0.25) is 4.79 Å². The number of rotatable bonds is 11. The first-order valence-corrected chi connectivity index (χ1v) is 7.32. The molecule has 0 spiro atoms. The predicted octanol–water partition coefficient (Wildman–Crippen LogP) is 4.72. The lowest BCUT2D eigenvalue weighted by Crippen LogP contribution is -2.06. The van der Waals surface area contributed by atoms with E-state index in [9.17, 15) is 4.79 Å². The topological polar surface area (TPSA) is 26.3 Å². The standard InChI is InChI=1S/C15H30O2/c1-4-5-6-7-8-9-12-15(16)17-13-10-11-14(2)3/h14H,4-13H2,1-3H3. The van der Waals surface area contributed by atoms with Crippen molar-refractivity contribution in [2.45, 2.75) is 78.6 Å². The molecule has 0 saturated carbocycles. The van der Waals surface area contributed by atoms with Crippen molar-refractivity contribution >= 4 is 5.97 Å². The van der Waals surface area contributed by atoms with E-state index in [1.807, 2.05) is 0 Å². The second-order valence-electron chi connectivity index (χ2n) is 5.27. The molecule has 2 nitrogen and oxygen atoms in total. The zero-order valence-corrected chi connectivity index (χ0v) is 12.0. The molecule has 0 aliphatic rings. The Morgan fingerprint density at radius 1 is 1.00 bits per heavy atom. The first kappa shape index (κ1) is 16.5. The molecule has 0 heterocycles. The van der Waals surface area contributed by atoms with Gasteiger partial charge in [-0.05, 0) is 25.2 Å².